The first-order chi connectivity index (χ1) is 10.6. The normalized spacial score (nSPS) is 18.2. The average Bonchev–Trinajstić information content (AvgIpc) is 2.73. The van der Waals surface area contributed by atoms with Gasteiger partial charge in [-0.15, -0.1) is 0 Å². The lowest BCUT2D eigenvalue weighted by atomic mass is 10.2. The van der Waals surface area contributed by atoms with Crippen molar-refractivity contribution in [3.63, 3.8) is 0 Å². The smallest absolute Gasteiger partial charge is 0.282 e. The number of amides is 3. The Morgan fingerprint density at radius 1 is 0.955 bits per heavy atom. The predicted molar refractivity (Wildman–Crippen MR) is 85.5 cm³/mol. The van der Waals surface area contributed by atoms with Crippen LogP contribution in [-0.2, 0) is 11.3 Å². The van der Waals surface area contributed by atoms with Gasteiger partial charge < -0.3 is 0 Å². The topological polar surface area (TPSA) is 40.6 Å². The van der Waals surface area contributed by atoms with Gasteiger partial charge in [-0.05, 0) is 31.5 Å². The summed E-state index contributed by atoms with van der Waals surface area (Å²) >= 11 is 0. The molecule has 0 saturated carbocycles. The Balaban J connectivity index is 1.87. The Morgan fingerprint density at radius 2 is 1.59 bits per heavy atom. The number of carbonyl (C=O) groups is 2. The first kappa shape index (κ1) is 14.3. The number of urea groups is 1. The van der Waals surface area contributed by atoms with Crippen LogP contribution in [0.15, 0.2) is 54.6 Å². The molecule has 2 aromatic carbocycles. The molecular weight excluding hydrogens is 276 g/mol. The van der Waals surface area contributed by atoms with Crippen molar-refractivity contribution in [2.24, 2.45) is 0 Å². The molecule has 0 spiro atoms. The van der Waals surface area contributed by atoms with Gasteiger partial charge in [0, 0.05) is 5.69 Å². The molecule has 4 heteroatoms. The van der Waals surface area contributed by atoms with E-state index in [1.807, 2.05) is 61.5 Å². The van der Waals surface area contributed by atoms with Crippen LogP contribution in [0.4, 0.5) is 10.5 Å². The summed E-state index contributed by atoms with van der Waals surface area (Å²) in [6.45, 7) is 4.07. The van der Waals surface area contributed by atoms with Gasteiger partial charge in [-0.3, -0.25) is 14.6 Å². The maximum absolute atomic E-state index is 12.6. The second-order valence-corrected chi connectivity index (χ2v) is 5.57. The molecule has 1 aliphatic heterocycles. The van der Waals surface area contributed by atoms with Crippen LogP contribution in [0.3, 0.4) is 0 Å². The van der Waals surface area contributed by atoms with Crippen LogP contribution in [0.25, 0.3) is 0 Å². The zero-order chi connectivity index (χ0) is 15.7. The van der Waals surface area contributed by atoms with Crippen LogP contribution in [0, 0.1) is 6.92 Å². The number of carbonyl (C=O) groups excluding carboxylic acids is 2. The standard InChI is InChI=1S/C18H18N2O2/c1-13-8-10-16(11-9-13)20-14(2)17(21)19(18(20)22)12-15-6-4-3-5-7-15/h3-11,14H,12H2,1-2H3. The van der Waals surface area contributed by atoms with Crippen LogP contribution in [0.1, 0.15) is 18.1 Å². The summed E-state index contributed by atoms with van der Waals surface area (Å²) in [7, 11) is 0. The van der Waals surface area contributed by atoms with E-state index in [1.54, 1.807) is 11.8 Å². The van der Waals surface area contributed by atoms with Gasteiger partial charge in [0.1, 0.15) is 6.04 Å². The second-order valence-electron chi connectivity index (χ2n) is 5.57. The minimum absolute atomic E-state index is 0.158. The molecule has 22 heavy (non-hydrogen) atoms. The quantitative estimate of drug-likeness (QED) is 0.814. The van der Waals surface area contributed by atoms with E-state index < -0.39 is 6.04 Å². The molecule has 1 atom stereocenters. The Kier molecular flexibility index (Phi) is 3.67. The molecule has 3 rings (SSSR count). The molecular formula is C18H18N2O2. The third kappa shape index (κ3) is 2.48. The van der Waals surface area contributed by atoms with Crippen molar-refractivity contribution < 1.29 is 9.59 Å². The van der Waals surface area contributed by atoms with Crippen LogP contribution >= 0.6 is 0 Å². The molecule has 3 amide bonds. The van der Waals surface area contributed by atoms with Crippen LogP contribution in [-0.4, -0.2) is 22.9 Å². The minimum Gasteiger partial charge on any atom is -0.282 e. The lowest BCUT2D eigenvalue weighted by Crippen LogP contribution is -2.33. The number of imide groups is 1. The van der Waals surface area contributed by atoms with Crippen molar-refractivity contribution in [2.45, 2.75) is 26.4 Å². The van der Waals surface area contributed by atoms with E-state index in [1.165, 1.54) is 4.90 Å². The highest BCUT2D eigenvalue weighted by Crippen LogP contribution is 2.27. The second kappa shape index (κ2) is 5.64. The Bertz CT molecular complexity index is 695. The third-order valence-corrected chi connectivity index (χ3v) is 3.94. The van der Waals surface area contributed by atoms with Crippen molar-refractivity contribution in [3.8, 4) is 0 Å². The van der Waals surface area contributed by atoms with E-state index in [2.05, 4.69) is 0 Å². The van der Waals surface area contributed by atoms with E-state index >= 15 is 0 Å². The molecule has 1 unspecified atom stereocenters. The van der Waals surface area contributed by atoms with Gasteiger partial charge >= 0.3 is 6.03 Å². The van der Waals surface area contributed by atoms with Gasteiger partial charge in [-0.2, -0.15) is 0 Å². The van der Waals surface area contributed by atoms with Gasteiger partial charge in [-0.1, -0.05) is 48.0 Å². The zero-order valence-electron chi connectivity index (χ0n) is 12.7. The number of rotatable bonds is 3. The van der Waals surface area contributed by atoms with Gasteiger partial charge in [0.15, 0.2) is 0 Å². The molecule has 1 heterocycles. The van der Waals surface area contributed by atoms with E-state index in [9.17, 15) is 9.59 Å². The largest absolute Gasteiger partial charge is 0.332 e. The zero-order valence-corrected chi connectivity index (χ0v) is 12.7. The lowest BCUT2D eigenvalue weighted by molar-refractivity contribution is -0.127. The summed E-state index contributed by atoms with van der Waals surface area (Å²) in [5.41, 5.74) is 2.82. The SMILES string of the molecule is Cc1ccc(N2C(=O)N(Cc3ccccc3)C(=O)C2C)cc1. The molecule has 1 saturated heterocycles. The Morgan fingerprint density at radius 3 is 2.23 bits per heavy atom. The Labute approximate surface area is 130 Å². The van der Waals surface area contributed by atoms with Gasteiger partial charge in [0.2, 0.25) is 0 Å². The number of hydrogen-bond acceptors (Lipinski definition) is 2. The fraction of sp³-hybridized carbons (Fsp3) is 0.222. The van der Waals surface area contributed by atoms with E-state index in [-0.39, 0.29) is 11.9 Å². The lowest BCUT2D eigenvalue weighted by Gasteiger charge is -2.19. The molecule has 0 N–H and O–H groups in total. The highest BCUT2D eigenvalue weighted by atomic mass is 16.2. The molecule has 4 nitrogen and oxygen atoms in total. The molecule has 1 fully saturated rings. The maximum atomic E-state index is 12.6. The van der Waals surface area contributed by atoms with Crippen molar-refractivity contribution in [2.75, 3.05) is 4.90 Å². The van der Waals surface area contributed by atoms with Crippen molar-refractivity contribution >= 4 is 17.6 Å². The highest BCUT2D eigenvalue weighted by molar-refractivity contribution is 6.13. The van der Waals surface area contributed by atoms with Gasteiger partial charge in [-0.25, -0.2) is 4.79 Å². The summed E-state index contributed by atoms with van der Waals surface area (Å²) in [5.74, 6) is -0.158. The summed E-state index contributed by atoms with van der Waals surface area (Å²) in [6.07, 6.45) is 0. The molecule has 1 aliphatic rings. The van der Waals surface area contributed by atoms with E-state index in [0.29, 0.717) is 6.54 Å². The first-order valence-corrected chi connectivity index (χ1v) is 7.33. The van der Waals surface area contributed by atoms with Crippen LogP contribution < -0.4 is 4.90 Å². The summed E-state index contributed by atoms with van der Waals surface area (Å²) in [6, 6.07) is 16.5. The molecule has 0 aliphatic carbocycles. The number of benzene rings is 2. The fourth-order valence-corrected chi connectivity index (χ4v) is 2.68. The van der Waals surface area contributed by atoms with Crippen LogP contribution in [0.2, 0.25) is 0 Å². The van der Waals surface area contributed by atoms with E-state index in [4.69, 9.17) is 0 Å². The number of hydrogen-bond donors (Lipinski definition) is 0. The van der Waals surface area contributed by atoms with Crippen molar-refractivity contribution in [1.29, 1.82) is 0 Å². The van der Waals surface area contributed by atoms with Gasteiger partial charge in [0.25, 0.3) is 5.91 Å². The number of nitrogens with zero attached hydrogens (tertiary/aromatic N) is 2. The van der Waals surface area contributed by atoms with Crippen LogP contribution in [0.5, 0.6) is 0 Å². The Hall–Kier alpha value is -2.62. The minimum atomic E-state index is -0.473. The molecule has 0 aromatic heterocycles. The maximum Gasteiger partial charge on any atom is 0.332 e. The molecule has 112 valence electrons. The molecule has 0 radical (unpaired) electrons. The first-order valence-electron chi connectivity index (χ1n) is 7.33. The molecule has 0 bridgehead atoms. The van der Waals surface area contributed by atoms with Crippen molar-refractivity contribution in [3.05, 3.63) is 65.7 Å². The number of aryl methyl sites for hydroxylation is 1. The monoisotopic (exact) mass is 294 g/mol. The number of anilines is 1. The fourth-order valence-electron chi connectivity index (χ4n) is 2.68. The molecule has 2 aromatic rings. The summed E-state index contributed by atoms with van der Waals surface area (Å²) < 4.78 is 0. The third-order valence-electron chi connectivity index (χ3n) is 3.94. The average molecular weight is 294 g/mol. The highest BCUT2D eigenvalue weighted by Gasteiger charge is 2.43. The summed E-state index contributed by atoms with van der Waals surface area (Å²) in [5, 5.41) is 0. The van der Waals surface area contributed by atoms with Crippen molar-refractivity contribution in [1.82, 2.24) is 4.90 Å². The predicted octanol–water partition coefficient (Wildman–Crippen LogP) is 3.35. The van der Waals surface area contributed by atoms with E-state index in [0.717, 1.165) is 16.8 Å². The van der Waals surface area contributed by atoms with Gasteiger partial charge in [0.05, 0.1) is 6.54 Å². The summed E-state index contributed by atoms with van der Waals surface area (Å²) in [4.78, 5) is 28.0.